The van der Waals surface area contributed by atoms with E-state index in [0.29, 0.717) is 15.2 Å². The van der Waals surface area contributed by atoms with Crippen molar-refractivity contribution in [1.82, 2.24) is 5.32 Å². The Labute approximate surface area is 169 Å². The molecule has 3 aromatic rings. The highest BCUT2D eigenvalue weighted by atomic mass is 31.1. The molecule has 0 aliphatic rings. The second-order valence-electron chi connectivity index (χ2n) is 6.74. The third-order valence-corrected chi connectivity index (χ3v) is 5.84. The summed E-state index contributed by atoms with van der Waals surface area (Å²) < 4.78 is 5.50. The lowest BCUT2D eigenvalue weighted by Crippen LogP contribution is -2.32. The van der Waals surface area contributed by atoms with Crippen molar-refractivity contribution in [3.8, 4) is 16.9 Å². The molecule has 146 valence electrons. The molecule has 3 aromatic carbocycles. The van der Waals surface area contributed by atoms with Crippen LogP contribution in [-0.2, 0) is 0 Å². The first-order valence-electron chi connectivity index (χ1n) is 9.71. The van der Waals surface area contributed by atoms with E-state index in [1.165, 1.54) is 16.4 Å². The van der Waals surface area contributed by atoms with E-state index in [1.807, 2.05) is 56.3 Å². The Bertz CT molecular complexity index is 835. The summed E-state index contributed by atoms with van der Waals surface area (Å²) in [4.78, 5) is 0. The molecule has 3 rings (SSSR count). The largest absolute Gasteiger partial charge is 0.494 e. The molecule has 0 bridgehead atoms. The van der Waals surface area contributed by atoms with Crippen LogP contribution in [0, 0.1) is 0 Å². The van der Waals surface area contributed by atoms with E-state index in [1.54, 1.807) is 0 Å². The van der Waals surface area contributed by atoms with Crippen LogP contribution in [0.1, 0.15) is 25.5 Å². The predicted molar refractivity (Wildman–Crippen MR) is 120 cm³/mol. The van der Waals surface area contributed by atoms with Crippen LogP contribution in [0.2, 0.25) is 0 Å². The monoisotopic (exact) mass is 393 g/mol. The molecule has 3 atom stereocenters. The highest BCUT2D eigenvalue weighted by Gasteiger charge is 2.15. The van der Waals surface area contributed by atoms with Gasteiger partial charge in [-0.05, 0) is 48.0 Å². The van der Waals surface area contributed by atoms with E-state index >= 15 is 0 Å². The van der Waals surface area contributed by atoms with Crippen molar-refractivity contribution in [3.63, 3.8) is 0 Å². The van der Waals surface area contributed by atoms with Crippen molar-refractivity contribution in [2.45, 2.75) is 26.0 Å². The highest BCUT2D eigenvalue weighted by Crippen LogP contribution is 2.23. The van der Waals surface area contributed by atoms with Gasteiger partial charge in [0.2, 0.25) is 0 Å². The number of ether oxygens (including phenoxy) is 1. The molecule has 0 radical (unpaired) electrons. The molecular formula is C24H28NO2P. The van der Waals surface area contributed by atoms with Gasteiger partial charge in [-0.15, -0.1) is 0 Å². The van der Waals surface area contributed by atoms with Crippen LogP contribution >= 0.6 is 8.58 Å². The van der Waals surface area contributed by atoms with Crippen molar-refractivity contribution in [2.24, 2.45) is 0 Å². The van der Waals surface area contributed by atoms with E-state index in [2.05, 4.69) is 41.7 Å². The molecule has 0 aliphatic heterocycles. The summed E-state index contributed by atoms with van der Waals surface area (Å²) in [6, 6.07) is 26.7. The molecule has 0 aliphatic carbocycles. The molecule has 0 saturated carbocycles. The molecular weight excluding hydrogens is 365 g/mol. The van der Waals surface area contributed by atoms with Gasteiger partial charge in [-0.1, -0.05) is 75.3 Å². The maximum absolute atomic E-state index is 10.4. The molecule has 2 N–H and O–H groups in total. The van der Waals surface area contributed by atoms with Crippen LogP contribution in [0.3, 0.4) is 0 Å². The average molecular weight is 393 g/mol. The fourth-order valence-corrected chi connectivity index (χ4v) is 4.09. The maximum Gasteiger partial charge on any atom is 0.119 e. The van der Waals surface area contributed by atoms with Gasteiger partial charge in [-0.3, -0.25) is 0 Å². The fraction of sp³-hybridized carbons (Fsp3) is 0.250. The summed E-state index contributed by atoms with van der Waals surface area (Å²) in [6.07, 6.45) is 0.362. The van der Waals surface area contributed by atoms with Gasteiger partial charge < -0.3 is 15.2 Å². The molecule has 1 unspecified atom stereocenters. The van der Waals surface area contributed by atoms with Gasteiger partial charge in [0, 0.05) is 12.3 Å². The smallest absolute Gasteiger partial charge is 0.119 e. The van der Waals surface area contributed by atoms with Gasteiger partial charge in [0.25, 0.3) is 0 Å². The van der Waals surface area contributed by atoms with Gasteiger partial charge in [0.05, 0.1) is 12.7 Å². The standard InChI is InChI=1S/C24H28NO2P/c1-3-27-22-13-9-19(10-14-22)20-11-15-23(16-12-20)28-17-25-18(2)24(26)21-7-5-4-6-8-21/h4-16,18,24-26,28H,3,17H2,1-2H3/t18-,24-/m0/s1. The van der Waals surface area contributed by atoms with E-state index < -0.39 is 6.10 Å². The van der Waals surface area contributed by atoms with Gasteiger partial charge in [0.1, 0.15) is 5.75 Å². The van der Waals surface area contributed by atoms with E-state index in [-0.39, 0.29) is 6.04 Å². The normalized spacial score (nSPS) is 13.5. The third-order valence-electron chi connectivity index (χ3n) is 4.71. The zero-order valence-corrected chi connectivity index (χ0v) is 17.4. The van der Waals surface area contributed by atoms with E-state index in [0.717, 1.165) is 17.6 Å². The number of hydrogen-bond acceptors (Lipinski definition) is 3. The number of nitrogens with one attached hydrogen (secondary N) is 1. The minimum atomic E-state index is -0.493. The predicted octanol–water partition coefficient (Wildman–Crippen LogP) is 4.73. The molecule has 0 aromatic heterocycles. The van der Waals surface area contributed by atoms with Gasteiger partial charge in [-0.25, -0.2) is 0 Å². The number of rotatable bonds is 9. The first kappa shape index (κ1) is 20.5. The second kappa shape index (κ2) is 10.4. The van der Waals surface area contributed by atoms with Crippen LogP contribution in [0.15, 0.2) is 78.9 Å². The van der Waals surface area contributed by atoms with Gasteiger partial charge >= 0.3 is 0 Å². The minimum Gasteiger partial charge on any atom is -0.494 e. The van der Waals surface area contributed by atoms with Crippen LogP contribution < -0.4 is 15.4 Å². The van der Waals surface area contributed by atoms with Crippen molar-refractivity contribution in [3.05, 3.63) is 84.4 Å². The lowest BCUT2D eigenvalue weighted by Gasteiger charge is -2.20. The second-order valence-corrected chi connectivity index (χ2v) is 8.02. The molecule has 0 saturated heterocycles. The molecule has 0 spiro atoms. The Hall–Kier alpha value is -2.19. The Morgan fingerprint density at radius 1 is 0.893 bits per heavy atom. The van der Waals surface area contributed by atoms with Crippen molar-refractivity contribution in [2.75, 3.05) is 12.9 Å². The summed E-state index contributed by atoms with van der Waals surface area (Å²) in [7, 11) is 0.657. The molecule has 4 heteroatoms. The Kier molecular flexibility index (Phi) is 7.62. The van der Waals surface area contributed by atoms with Gasteiger partial charge in [0.15, 0.2) is 0 Å². The van der Waals surface area contributed by atoms with Crippen LogP contribution in [0.4, 0.5) is 0 Å². The Balaban J connectivity index is 1.50. The SMILES string of the molecule is CCOc1ccc(-c2ccc(PCN[C@@H](C)[C@H](O)c3ccccc3)cc2)cc1. The number of benzene rings is 3. The zero-order chi connectivity index (χ0) is 19.8. The fourth-order valence-electron chi connectivity index (χ4n) is 3.06. The highest BCUT2D eigenvalue weighted by molar-refractivity contribution is 7.47. The lowest BCUT2D eigenvalue weighted by atomic mass is 10.0. The summed E-state index contributed by atoms with van der Waals surface area (Å²) in [5.41, 5.74) is 3.35. The average Bonchev–Trinajstić information content (AvgIpc) is 2.75. The quantitative estimate of drug-likeness (QED) is 0.517. The Morgan fingerprint density at radius 3 is 2.11 bits per heavy atom. The number of aliphatic hydroxyl groups excluding tert-OH is 1. The molecule has 0 amide bonds. The lowest BCUT2D eigenvalue weighted by molar-refractivity contribution is 0.139. The summed E-state index contributed by atoms with van der Waals surface area (Å²) in [6.45, 7) is 4.70. The maximum atomic E-state index is 10.4. The first-order chi connectivity index (χ1) is 13.7. The Morgan fingerprint density at radius 2 is 1.50 bits per heavy atom. The topological polar surface area (TPSA) is 41.5 Å². The molecule has 3 nitrogen and oxygen atoms in total. The molecule has 0 fully saturated rings. The van der Waals surface area contributed by atoms with Crippen LogP contribution in [-0.4, -0.2) is 24.0 Å². The van der Waals surface area contributed by atoms with E-state index in [9.17, 15) is 5.11 Å². The van der Waals surface area contributed by atoms with E-state index in [4.69, 9.17) is 4.74 Å². The molecule has 28 heavy (non-hydrogen) atoms. The zero-order valence-electron chi connectivity index (χ0n) is 16.4. The molecule has 0 heterocycles. The van der Waals surface area contributed by atoms with Gasteiger partial charge in [-0.2, -0.15) is 0 Å². The van der Waals surface area contributed by atoms with Crippen molar-refractivity contribution >= 4 is 13.9 Å². The van der Waals surface area contributed by atoms with Crippen LogP contribution in [0.25, 0.3) is 11.1 Å². The third kappa shape index (κ3) is 5.65. The van der Waals surface area contributed by atoms with Crippen LogP contribution in [0.5, 0.6) is 5.75 Å². The summed E-state index contributed by atoms with van der Waals surface area (Å²) in [5, 5.41) is 15.2. The first-order valence-corrected chi connectivity index (χ1v) is 10.9. The summed E-state index contributed by atoms with van der Waals surface area (Å²) in [5.74, 6) is 0.905. The van der Waals surface area contributed by atoms with Crippen molar-refractivity contribution < 1.29 is 9.84 Å². The number of aliphatic hydroxyl groups is 1. The summed E-state index contributed by atoms with van der Waals surface area (Å²) >= 11 is 0. The minimum absolute atomic E-state index is 0.0121. The number of hydrogen-bond donors (Lipinski definition) is 2. The van der Waals surface area contributed by atoms with Crippen molar-refractivity contribution in [1.29, 1.82) is 0 Å².